The van der Waals surface area contributed by atoms with Crippen LogP contribution < -0.4 is 20.1 Å². The number of rotatable bonds is 10. The third-order valence-electron chi connectivity index (χ3n) is 5.96. The van der Waals surface area contributed by atoms with Crippen LogP contribution in [0.15, 0.2) is 42.5 Å². The Kier molecular flexibility index (Phi) is 8.82. The van der Waals surface area contributed by atoms with Crippen LogP contribution in [0, 0.1) is 0 Å². The summed E-state index contributed by atoms with van der Waals surface area (Å²) in [5.74, 6) is -0.937. The van der Waals surface area contributed by atoms with Crippen molar-refractivity contribution in [3.63, 3.8) is 0 Å². The summed E-state index contributed by atoms with van der Waals surface area (Å²) >= 11 is 6.27. The van der Waals surface area contributed by atoms with Crippen molar-refractivity contribution in [2.45, 2.75) is 38.3 Å². The number of nitrogens with zero attached hydrogens (tertiary/aromatic N) is 1. The van der Waals surface area contributed by atoms with Gasteiger partial charge in [-0.3, -0.25) is 18.6 Å². The molecule has 36 heavy (non-hydrogen) atoms. The van der Waals surface area contributed by atoms with Gasteiger partial charge in [-0.05, 0) is 36.6 Å². The van der Waals surface area contributed by atoms with Crippen molar-refractivity contribution < 1.29 is 28.1 Å². The Labute approximate surface area is 216 Å². The molecule has 4 rings (SSSR count). The molecule has 3 amide bonds. The Morgan fingerprint density at radius 1 is 1.00 bits per heavy atom. The molecule has 0 spiro atoms. The van der Waals surface area contributed by atoms with Crippen LogP contribution in [0.25, 0.3) is 0 Å². The van der Waals surface area contributed by atoms with Crippen LogP contribution in [-0.2, 0) is 31.7 Å². The van der Waals surface area contributed by atoms with Gasteiger partial charge in [0.1, 0.15) is 11.5 Å². The monoisotopic (exact) mass is 533 g/mol. The van der Waals surface area contributed by atoms with E-state index >= 15 is 0 Å². The fourth-order valence-corrected chi connectivity index (χ4v) is 5.30. The van der Waals surface area contributed by atoms with Crippen LogP contribution in [-0.4, -0.2) is 57.7 Å². The molecule has 1 aliphatic carbocycles. The summed E-state index contributed by atoms with van der Waals surface area (Å²) in [6.45, 7) is 0.0283. The third-order valence-corrected chi connectivity index (χ3v) is 7.48. The number of halogens is 1. The van der Waals surface area contributed by atoms with Gasteiger partial charge in [0.2, 0.25) is 24.5 Å². The highest BCUT2D eigenvalue weighted by molar-refractivity contribution is 7.86. The summed E-state index contributed by atoms with van der Waals surface area (Å²) in [6, 6.07) is 12.1. The zero-order valence-electron chi connectivity index (χ0n) is 19.7. The number of hydrogen-bond donors (Lipinski definition) is 2. The summed E-state index contributed by atoms with van der Waals surface area (Å²) in [4.78, 5) is 39.4. The smallest absolute Gasteiger partial charge is 0.239 e. The van der Waals surface area contributed by atoms with Crippen LogP contribution in [0.2, 0.25) is 5.02 Å². The Balaban J connectivity index is 1.34. The minimum absolute atomic E-state index is 0.0944. The van der Waals surface area contributed by atoms with Crippen molar-refractivity contribution in [2.24, 2.45) is 0 Å². The van der Waals surface area contributed by atoms with E-state index in [0.717, 1.165) is 25.7 Å². The van der Waals surface area contributed by atoms with E-state index in [2.05, 4.69) is 10.6 Å². The molecule has 1 fully saturated rings. The van der Waals surface area contributed by atoms with Gasteiger partial charge in [0.25, 0.3) is 0 Å². The first-order valence-corrected chi connectivity index (χ1v) is 13.6. The lowest BCUT2D eigenvalue weighted by atomic mass is 10.2. The summed E-state index contributed by atoms with van der Waals surface area (Å²) < 4.78 is 23.2. The maximum Gasteiger partial charge on any atom is 0.239 e. The molecule has 11 heteroatoms. The largest absolute Gasteiger partial charge is 0.454 e. The third kappa shape index (κ3) is 7.20. The zero-order valence-corrected chi connectivity index (χ0v) is 21.2. The number of ether oxygens (including phenoxy) is 2. The lowest BCUT2D eigenvalue weighted by Gasteiger charge is -2.24. The number of amides is 3. The van der Waals surface area contributed by atoms with Gasteiger partial charge in [-0.1, -0.05) is 42.6 Å². The average molecular weight is 534 g/mol. The van der Waals surface area contributed by atoms with Crippen LogP contribution >= 0.6 is 11.6 Å². The molecular formula is C25H28ClN3O6S. The molecule has 2 aromatic rings. The fraction of sp³-hybridized carbons (Fsp3) is 0.400. The van der Waals surface area contributed by atoms with Crippen molar-refractivity contribution >= 4 is 45.8 Å². The summed E-state index contributed by atoms with van der Waals surface area (Å²) in [5.41, 5.74) is 1.14. The molecule has 0 aromatic heterocycles. The van der Waals surface area contributed by atoms with Gasteiger partial charge < -0.3 is 25.0 Å². The number of nitrogens with one attached hydrogen (secondary N) is 2. The van der Waals surface area contributed by atoms with Gasteiger partial charge in [0.15, 0.2) is 11.5 Å². The highest BCUT2D eigenvalue weighted by atomic mass is 35.5. The number of fused-ring (bicyclic) bond motifs is 1. The van der Waals surface area contributed by atoms with Crippen LogP contribution in [0.3, 0.4) is 0 Å². The Morgan fingerprint density at radius 2 is 1.75 bits per heavy atom. The molecule has 1 heterocycles. The second-order valence-electron chi connectivity index (χ2n) is 8.73. The predicted molar refractivity (Wildman–Crippen MR) is 136 cm³/mol. The Bertz CT molecular complexity index is 1150. The van der Waals surface area contributed by atoms with Crippen LogP contribution in [0.5, 0.6) is 11.5 Å². The molecule has 0 bridgehead atoms. The van der Waals surface area contributed by atoms with Gasteiger partial charge in [0, 0.05) is 40.2 Å². The molecule has 9 nitrogen and oxygen atoms in total. The molecule has 0 radical (unpaired) electrons. The first kappa shape index (κ1) is 26.0. The molecule has 1 atom stereocenters. The topological polar surface area (TPSA) is 114 Å². The van der Waals surface area contributed by atoms with E-state index in [9.17, 15) is 18.6 Å². The van der Waals surface area contributed by atoms with Crippen molar-refractivity contribution in [1.29, 1.82) is 0 Å². The quantitative estimate of drug-likeness (QED) is 0.485. The highest BCUT2D eigenvalue weighted by Crippen LogP contribution is 2.34. The zero-order chi connectivity index (χ0) is 25.5. The van der Waals surface area contributed by atoms with E-state index in [1.165, 1.54) is 4.90 Å². The normalized spacial score (nSPS) is 15.4. The Morgan fingerprint density at radius 3 is 2.53 bits per heavy atom. The molecule has 2 N–H and O–H groups in total. The van der Waals surface area contributed by atoms with Crippen LogP contribution in [0.4, 0.5) is 5.69 Å². The van der Waals surface area contributed by atoms with Gasteiger partial charge in [-0.25, -0.2) is 0 Å². The van der Waals surface area contributed by atoms with E-state index in [1.807, 2.05) is 0 Å². The molecule has 2 aliphatic rings. The van der Waals surface area contributed by atoms with Gasteiger partial charge in [-0.15, -0.1) is 0 Å². The van der Waals surface area contributed by atoms with E-state index in [-0.39, 0.29) is 37.6 Å². The molecule has 1 saturated carbocycles. The molecule has 192 valence electrons. The van der Waals surface area contributed by atoms with E-state index in [0.29, 0.717) is 27.8 Å². The minimum Gasteiger partial charge on any atom is -0.454 e. The van der Waals surface area contributed by atoms with Crippen molar-refractivity contribution in [3.05, 3.63) is 53.1 Å². The molecule has 0 saturated heterocycles. The number of hydrogen-bond acceptors (Lipinski definition) is 6. The maximum absolute atomic E-state index is 13.1. The molecule has 1 aliphatic heterocycles. The fourth-order valence-electron chi connectivity index (χ4n) is 4.18. The molecular weight excluding hydrogens is 506 g/mol. The second kappa shape index (κ2) is 12.2. The van der Waals surface area contributed by atoms with Gasteiger partial charge in [0.05, 0.1) is 6.54 Å². The first-order valence-electron chi connectivity index (χ1n) is 11.7. The minimum atomic E-state index is -1.78. The standard InChI is InChI=1S/C25H28ClN3O6S/c26-20-8-4-1-5-17(20)12-29(13-23(30)27-18-6-2-3-7-18)25(32)15-36(33)14-24(31)28-19-9-10-21-22(11-19)35-16-34-21/h1,4-5,8-11,18H,2-3,6-7,12-16H2,(H,27,30)(H,28,31)/t36-/m1/s1. The second-order valence-corrected chi connectivity index (χ2v) is 10.6. The Hall–Kier alpha value is -3.11. The first-order chi connectivity index (χ1) is 17.4. The predicted octanol–water partition coefficient (Wildman–Crippen LogP) is 2.84. The van der Waals surface area contributed by atoms with Crippen molar-refractivity contribution in [1.82, 2.24) is 10.2 Å². The maximum atomic E-state index is 13.1. The van der Waals surface area contributed by atoms with Crippen LogP contribution in [0.1, 0.15) is 31.2 Å². The summed E-state index contributed by atoms with van der Waals surface area (Å²) in [5, 5.41) is 6.09. The number of carbonyl (C=O) groups excluding carboxylic acids is 3. The molecule has 2 aromatic carbocycles. The summed E-state index contributed by atoms with van der Waals surface area (Å²) in [7, 11) is -1.78. The highest BCUT2D eigenvalue weighted by Gasteiger charge is 2.24. The van der Waals surface area contributed by atoms with E-state index < -0.39 is 28.4 Å². The lowest BCUT2D eigenvalue weighted by Crippen LogP contribution is -2.44. The van der Waals surface area contributed by atoms with Gasteiger partial charge >= 0.3 is 0 Å². The van der Waals surface area contributed by atoms with Gasteiger partial charge in [-0.2, -0.15) is 0 Å². The van der Waals surface area contributed by atoms with E-state index in [4.69, 9.17) is 21.1 Å². The van der Waals surface area contributed by atoms with Crippen molar-refractivity contribution in [2.75, 3.05) is 30.2 Å². The SMILES string of the molecule is O=C(C[S@@](=O)CC(=O)N(CC(=O)NC1CCCC1)Cc1ccccc1Cl)Nc1ccc2c(c1)OCO2. The lowest BCUT2D eigenvalue weighted by molar-refractivity contribution is -0.134. The number of carbonyl (C=O) groups is 3. The van der Waals surface area contributed by atoms with E-state index in [1.54, 1.807) is 42.5 Å². The number of benzene rings is 2. The van der Waals surface area contributed by atoms with Crippen molar-refractivity contribution in [3.8, 4) is 11.5 Å². The number of anilines is 1. The molecule has 0 unspecified atom stereocenters. The average Bonchev–Trinajstić information content (AvgIpc) is 3.51. The summed E-state index contributed by atoms with van der Waals surface area (Å²) in [6.07, 6.45) is 3.99.